The molecule has 1 saturated heterocycles. The Kier molecular flexibility index (Phi) is 7.40. The molecule has 0 radical (unpaired) electrons. The maximum absolute atomic E-state index is 6.80. The van der Waals surface area contributed by atoms with Crippen LogP contribution in [-0.4, -0.2) is 26.6 Å². The summed E-state index contributed by atoms with van der Waals surface area (Å²) in [6.07, 6.45) is 0.857. The molecule has 29 heavy (non-hydrogen) atoms. The molecule has 1 aliphatic rings. The lowest BCUT2D eigenvalue weighted by molar-refractivity contribution is 0.00578. The summed E-state index contributed by atoms with van der Waals surface area (Å²) in [5.74, 6) is 1.38. The smallest absolute Gasteiger partial charge is 0.458 e. The van der Waals surface area contributed by atoms with Crippen LogP contribution in [0.5, 0.6) is 5.75 Å². The number of hydrogen-bond acceptors (Lipinski definition) is 3. The van der Waals surface area contributed by atoms with Crippen LogP contribution in [0.3, 0.4) is 0 Å². The summed E-state index contributed by atoms with van der Waals surface area (Å²) in [4.78, 5) is 0. The molecule has 1 atom stereocenters. The summed E-state index contributed by atoms with van der Waals surface area (Å²) in [6, 6.07) is 8.74. The van der Waals surface area contributed by atoms with E-state index in [4.69, 9.17) is 13.7 Å². The summed E-state index contributed by atoms with van der Waals surface area (Å²) in [5.41, 5.74) is 2.48. The minimum Gasteiger partial charge on any atom is -0.543 e. The van der Waals surface area contributed by atoms with E-state index in [0.29, 0.717) is 22.5 Å². The molecule has 1 aliphatic heterocycles. The van der Waals surface area contributed by atoms with Gasteiger partial charge in [0.05, 0.1) is 11.2 Å². The zero-order valence-corrected chi connectivity index (χ0v) is 21.6. The fourth-order valence-corrected chi connectivity index (χ4v) is 10.2. The van der Waals surface area contributed by atoms with Gasteiger partial charge in [-0.15, -0.1) is 0 Å². The first-order chi connectivity index (χ1) is 13.2. The standard InChI is InChI=1S/C24H43BO3Si/c1-17(2)29(18(3)4,19(5)6)26-22-14-12-21(13-15-22)20(7)16-25-27-23(8,9)24(10,11)28-25/h12-15,17-20H,16H2,1-11H3/t20-/m0/s1. The normalized spacial score (nSPS) is 20.0. The largest absolute Gasteiger partial charge is 0.543 e. The molecular weight excluding hydrogens is 375 g/mol. The third-order valence-corrected chi connectivity index (χ3v) is 13.3. The molecule has 1 heterocycles. The van der Waals surface area contributed by atoms with Crippen molar-refractivity contribution in [3.8, 4) is 5.75 Å². The van der Waals surface area contributed by atoms with Crippen LogP contribution in [0.4, 0.5) is 0 Å². The third-order valence-electron chi connectivity index (χ3n) is 7.30. The molecule has 1 fully saturated rings. The average molecular weight is 419 g/mol. The lowest BCUT2D eigenvalue weighted by Gasteiger charge is -2.42. The third kappa shape index (κ3) is 4.94. The highest BCUT2D eigenvalue weighted by Gasteiger charge is 2.51. The van der Waals surface area contributed by atoms with Crippen LogP contribution >= 0.6 is 0 Å². The molecule has 0 unspecified atom stereocenters. The van der Waals surface area contributed by atoms with E-state index in [2.05, 4.69) is 100 Å². The first-order valence-corrected chi connectivity index (χ1v) is 13.5. The summed E-state index contributed by atoms with van der Waals surface area (Å²) < 4.78 is 19.2. The van der Waals surface area contributed by atoms with E-state index in [-0.39, 0.29) is 18.3 Å². The molecule has 0 bridgehead atoms. The van der Waals surface area contributed by atoms with Gasteiger partial charge in [-0.25, -0.2) is 0 Å². The molecule has 3 nitrogen and oxygen atoms in total. The Morgan fingerprint density at radius 2 is 1.21 bits per heavy atom. The van der Waals surface area contributed by atoms with Crippen LogP contribution in [0.2, 0.25) is 22.9 Å². The molecule has 1 aromatic carbocycles. The predicted molar refractivity (Wildman–Crippen MR) is 127 cm³/mol. The molecule has 0 spiro atoms. The first-order valence-electron chi connectivity index (χ1n) is 11.4. The van der Waals surface area contributed by atoms with Crippen molar-refractivity contribution in [1.29, 1.82) is 0 Å². The second kappa shape index (κ2) is 8.76. The van der Waals surface area contributed by atoms with E-state index in [0.717, 1.165) is 12.1 Å². The summed E-state index contributed by atoms with van der Waals surface area (Å²) in [6.45, 7) is 24.6. The maximum atomic E-state index is 6.80. The van der Waals surface area contributed by atoms with E-state index in [1.54, 1.807) is 0 Å². The van der Waals surface area contributed by atoms with Gasteiger partial charge in [-0.2, -0.15) is 0 Å². The van der Waals surface area contributed by atoms with Gasteiger partial charge in [0.25, 0.3) is 8.32 Å². The molecule has 0 saturated carbocycles. The van der Waals surface area contributed by atoms with Crippen molar-refractivity contribution in [3.05, 3.63) is 29.8 Å². The zero-order valence-electron chi connectivity index (χ0n) is 20.6. The minimum absolute atomic E-state index is 0.159. The highest BCUT2D eigenvalue weighted by molar-refractivity contribution is 6.78. The maximum Gasteiger partial charge on any atom is 0.458 e. The predicted octanol–water partition coefficient (Wildman–Crippen LogP) is 7.44. The molecule has 0 aromatic heterocycles. The second-order valence-electron chi connectivity index (χ2n) is 10.8. The van der Waals surface area contributed by atoms with Crippen molar-refractivity contribution in [2.45, 2.75) is 116 Å². The lowest BCUT2D eigenvalue weighted by Crippen LogP contribution is -2.50. The van der Waals surface area contributed by atoms with Gasteiger partial charge in [0, 0.05) is 0 Å². The van der Waals surface area contributed by atoms with Crippen LogP contribution in [-0.2, 0) is 9.31 Å². The summed E-state index contributed by atoms with van der Waals surface area (Å²) in [7, 11) is -2.07. The van der Waals surface area contributed by atoms with Gasteiger partial charge < -0.3 is 13.7 Å². The van der Waals surface area contributed by atoms with Gasteiger partial charge in [-0.1, -0.05) is 60.6 Å². The molecule has 1 aromatic rings. The van der Waals surface area contributed by atoms with Crippen molar-refractivity contribution >= 4 is 15.4 Å². The van der Waals surface area contributed by atoms with E-state index >= 15 is 0 Å². The summed E-state index contributed by atoms with van der Waals surface area (Å²) in [5, 5.41) is 0. The fraction of sp³-hybridized carbons (Fsp3) is 0.750. The van der Waals surface area contributed by atoms with E-state index < -0.39 is 8.32 Å². The molecule has 2 rings (SSSR count). The zero-order chi connectivity index (χ0) is 22.2. The van der Waals surface area contributed by atoms with Gasteiger partial charge in [-0.3, -0.25) is 0 Å². The molecule has 164 valence electrons. The Bertz CT molecular complexity index is 629. The summed E-state index contributed by atoms with van der Waals surface area (Å²) >= 11 is 0. The topological polar surface area (TPSA) is 27.7 Å². The molecular formula is C24H43BO3Si. The quantitative estimate of drug-likeness (QED) is 0.411. The van der Waals surface area contributed by atoms with E-state index in [1.165, 1.54) is 5.56 Å². The molecule has 0 amide bonds. The van der Waals surface area contributed by atoms with Crippen LogP contribution < -0.4 is 4.43 Å². The van der Waals surface area contributed by atoms with Crippen molar-refractivity contribution in [2.24, 2.45) is 0 Å². The molecule has 0 aliphatic carbocycles. The number of hydrogen-bond donors (Lipinski definition) is 0. The van der Waals surface area contributed by atoms with Crippen LogP contribution in [0.25, 0.3) is 0 Å². The average Bonchev–Trinajstić information content (AvgIpc) is 2.78. The Morgan fingerprint density at radius 3 is 1.59 bits per heavy atom. The minimum atomic E-state index is -1.91. The highest BCUT2D eigenvalue weighted by atomic mass is 28.4. The number of rotatable bonds is 8. The fourth-order valence-electron chi connectivity index (χ4n) is 4.91. The van der Waals surface area contributed by atoms with Gasteiger partial charge in [0.15, 0.2) is 0 Å². The highest BCUT2D eigenvalue weighted by Crippen LogP contribution is 2.43. The Hall–Kier alpha value is -0.778. The monoisotopic (exact) mass is 418 g/mol. The van der Waals surface area contributed by atoms with E-state index in [1.807, 2.05) is 0 Å². The van der Waals surface area contributed by atoms with Crippen molar-refractivity contribution in [2.75, 3.05) is 0 Å². The SMILES string of the molecule is CC(C)[Si](Oc1ccc([C@@H](C)CB2OC(C)(C)C(C)(C)O2)cc1)(C(C)C)C(C)C. The molecule has 0 N–H and O–H groups in total. The van der Waals surface area contributed by atoms with Crippen LogP contribution in [0.15, 0.2) is 24.3 Å². The lowest BCUT2D eigenvalue weighted by atomic mass is 9.75. The van der Waals surface area contributed by atoms with Gasteiger partial charge in [0.2, 0.25) is 0 Å². The Balaban J connectivity index is 2.10. The second-order valence-corrected chi connectivity index (χ2v) is 16.2. The van der Waals surface area contributed by atoms with Crippen molar-refractivity contribution < 1.29 is 13.7 Å². The van der Waals surface area contributed by atoms with E-state index in [9.17, 15) is 0 Å². The number of benzene rings is 1. The van der Waals surface area contributed by atoms with Gasteiger partial charge >= 0.3 is 7.12 Å². The van der Waals surface area contributed by atoms with Crippen LogP contribution in [0, 0.1) is 0 Å². The van der Waals surface area contributed by atoms with Crippen LogP contribution in [0.1, 0.15) is 87.6 Å². The molecule has 5 heteroatoms. The Labute approximate surface area is 181 Å². The first kappa shape index (κ1) is 24.5. The van der Waals surface area contributed by atoms with Crippen molar-refractivity contribution in [3.63, 3.8) is 0 Å². The van der Waals surface area contributed by atoms with Gasteiger partial charge in [-0.05, 0) is 74.3 Å². The Morgan fingerprint density at radius 1 is 0.793 bits per heavy atom. The van der Waals surface area contributed by atoms with Gasteiger partial charge in [0.1, 0.15) is 5.75 Å². The van der Waals surface area contributed by atoms with Crippen molar-refractivity contribution in [1.82, 2.24) is 0 Å².